The van der Waals surface area contributed by atoms with Crippen LogP contribution in [-0.4, -0.2) is 56.1 Å². The minimum atomic E-state index is -3.09. The number of fused-ring (bicyclic) bond motifs is 3. The van der Waals surface area contributed by atoms with Crippen LogP contribution in [0.1, 0.15) is 27.9 Å². The summed E-state index contributed by atoms with van der Waals surface area (Å²) < 4.78 is 28.1. The second kappa shape index (κ2) is 8.22. The Bertz CT molecular complexity index is 1470. The Kier molecular flexibility index (Phi) is 5.46. The zero-order chi connectivity index (χ0) is 27.0. The van der Waals surface area contributed by atoms with Gasteiger partial charge in [-0.3, -0.25) is 24.0 Å². The zero-order valence-corrected chi connectivity index (χ0v) is 18.9. The third-order valence-electron chi connectivity index (χ3n) is 7.51. The summed E-state index contributed by atoms with van der Waals surface area (Å²) in [7, 11) is 0. The molecule has 3 aliphatic carbocycles. The van der Waals surface area contributed by atoms with Crippen molar-refractivity contribution in [3.63, 3.8) is 0 Å². The predicted molar refractivity (Wildman–Crippen MR) is 120 cm³/mol. The maximum atomic E-state index is 14.6. The number of primary amides is 1. The number of halogens is 2. The van der Waals surface area contributed by atoms with Gasteiger partial charge >= 0.3 is 0 Å². The number of hydrogen-bond acceptors (Lipinski definition) is 8. The molecule has 11 heteroatoms. The van der Waals surface area contributed by atoms with Gasteiger partial charge in [0.25, 0.3) is 0 Å². The first-order valence-corrected chi connectivity index (χ1v) is 11.2. The van der Waals surface area contributed by atoms with Crippen molar-refractivity contribution in [3.8, 4) is 5.75 Å². The largest absolute Gasteiger partial charge is 0.507 e. The minimum absolute atomic E-state index is 0.0131. The number of carbonyl (C=O) groups excluding carboxylic acids is 5. The van der Waals surface area contributed by atoms with E-state index in [1.807, 2.05) is 0 Å². The fraction of sp³-hybridized carbons (Fsp3) is 0.269. The molecule has 2 fully saturated rings. The zero-order valence-electron chi connectivity index (χ0n) is 18.9. The molecule has 2 aromatic carbocycles. The van der Waals surface area contributed by atoms with Crippen LogP contribution < -0.4 is 5.73 Å². The topological polar surface area (TPSA) is 172 Å². The number of aliphatic hydroxyl groups is 2. The van der Waals surface area contributed by atoms with E-state index >= 15 is 0 Å². The fourth-order valence-electron chi connectivity index (χ4n) is 5.82. The molecule has 3 aliphatic rings. The molecule has 0 heterocycles. The molecule has 6 atom stereocenters. The highest BCUT2D eigenvalue weighted by atomic mass is 19.1. The molecule has 9 nitrogen and oxygen atoms in total. The Morgan fingerprint density at radius 3 is 2.43 bits per heavy atom. The van der Waals surface area contributed by atoms with Gasteiger partial charge in [0.15, 0.2) is 34.7 Å². The lowest BCUT2D eigenvalue weighted by Gasteiger charge is -2.51. The number of aromatic hydroxyl groups is 1. The van der Waals surface area contributed by atoms with E-state index in [9.17, 15) is 48.1 Å². The third-order valence-corrected chi connectivity index (χ3v) is 7.51. The van der Waals surface area contributed by atoms with E-state index in [2.05, 4.69) is 0 Å². The number of nitrogens with two attached hydrogens (primary N) is 1. The summed E-state index contributed by atoms with van der Waals surface area (Å²) in [6.45, 7) is 0. The number of hydrogen-bond donors (Lipinski definition) is 4. The van der Waals surface area contributed by atoms with E-state index in [4.69, 9.17) is 5.73 Å². The van der Waals surface area contributed by atoms with Crippen molar-refractivity contribution < 1.29 is 48.1 Å². The average Bonchev–Trinajstić information content (AvgIpc) is 2.82. The molecule has 0 bridgehead atoms. The lowest BCUT2D eigenvalue weighted by molar-refractivity contribution is -0.185. The summed E-state index contributed by atoms with van der Waals surface area (Å²) in [5, 5.41) is 33.1. The molecular formula is C26H19F2NO8. The lowest BCUT2D eigenvalue weighted by Crippen LogP contribution is -2.72. The van der Waals surface area contributed by atoms with Crippen LogP contribution in [0.4, 0.5) is 8.78 Å². The SMILES string of the molecule is NC(=O)C1C(=O)CC2C(O)C3/C(=C/c4ccc(F)cc4F)c4cccc(O)c4C(=O)C3C(=O)C2(O)C1=O. The number of phenols is 1. The number of rotatable bonds is 2. The fourth-order valence-corrected chi connectivity index (χ4v) is 5.82. The first-order chi connectivity index (χ1) is 17.4. The number of phenolic OH excluding ortho intramolecular Hbond substituents is 1. The first-order valence-electron chi connectivity index (χ1n) is 11.2. The highest BCUT2D eigenvalue weighted by Crippen LogP contribution is 2.54. The van der Waals surface area contributed by atoms with Gasteiger partial charge in [-0.25, -0.2) is 8.78 Å². The van der Waals surface area contributed by atoms with E-state index in [0.29, 0.717) is 6.07 Å². The number of amides is 1. The van der Waals surface area contributed by atoms with Crippen molar-refractivity contribution in [2.24, 2.45) is 29.4 Å². The number of benzene rings is 2. The standard InChI is InChI=1S/C26H19F2NO8/c27-10-5-4-9(14(28)7-10)6-12-11-2-1-3-15(30)17(11)22(33)20-18(12)21(32)13-8-16(31)19(25(29)36)23(34)26(13,37)24(20)35/h1-7,13,18-21,30,32,37H,8H2,(H2,29,36)/b12-6+. The molecular weight excluding hydrogens is 492 g/mol. The molecule has 2 aromatic rings. The Hall–Kier alpha value is -4.09. The van der Waals surface area contributed by atoms with Crippen LogP contribution in [0, 0.1) is 35.3 Å². The van der Waals surface area contributed by atoms with Gasteiger partial charge in [0.1, 0.15) is 17.4 Å². The summed E-state index contributed by atoms with van der Waals surface area (Å²) in [5.74, 6) is -16.0. The van der Waals surface area contributed by atoms with E-state index < -0.39 is 88.2 Å². The summed E-state index contributed by atoms with van der Waals surface area (Å²) in [5.41, 5.74) is 1.54. The van der Waals surface area contributed by atoms with Gasteiger partial charge in [-0.15, -0.1) is 0 Å². The smallest absolute Gasteiger partial charge is 0.235 e. The van der Waals surface area contributed by atoms with Gasteiger partial charge in [-0.05, 0) is 35.4 Å². The predicted octanol–water partition coefficient (Wildman–Crippen LogP) is 0.574. The van der Waals surface area contributed by atoms with Gasteiger partial charge in [-0.2, -0.15) is 0 Å². The molecule has 5 N–H and O–H groups in total. The van der Waals surface area contributed by atoms with Crippen LogP contribution in [-0.2, 0) is 19.2 Å². The van der Waals surface area contributed by atoms with E-state index in [1.165, 1.54) is 12.1 Å². The molecule has 190 valence electrons. The average molecular weight is 511 g/mol. The van der Waals surface area contributed by atoms with Crippen molar-refractivity contribution in [3.05, 3.63) is 64.7 Å². The van der Waals surface area contributed by atoms with Gasteiger partial charge in [0.2, 0.25) is 5.91 Å². The molecule has 0 saturated heterocycles. The maximum absolute atomic E-state index is 14.6. The molecule has 6 unspecified atom stereocenters. The minimum Gasteiger partial charge on any atom is -0.507 e. The molecule has 1 amide bonds. The Balaban J connectivity index is 1.76. The Labute approximate surface area is 207 Å². The summed E-state index contributed by atoms with van der Waals surface area (Å²) >= 11 is 0. The highest BCUT2D eigenvalue weighted by Gasteiger charge is 2.69. The maximum Gasteiger partial charge on any atom is 0.235 e. The Morgan fingerprint density at radius 2 is 1.78 bits per heavy atom. The normalized spacial score (nSPS) is 32.1. The molecule has 0 aliphatic heterocycles. The second-order valence-corrected chi connectivity index (χ2v) is 9.43. The van der Waals surface area contributed by atoms with Gasteiger partial charge in [-0.1, -0.05) is 12.1 Å². The van der Waals surface area contributed by atoms with E-state index in [-0.39, 0.29) is 22.3 Å². The van der Waals surface area contributed by atoms with Crippen LogP contribution in [0.3, 0.4) is 0 Å². The van der Waals surface area contributed by atoms with Gasteiger partial charge in [0, 0.05) is 29.9 Å². The number of carbonyl (C=O) groups is 5. The Morgan fingerprint density at radius 1 is 1.08 bits per heavy atom. The van der Waals surface area contributed by atoms with Gasteiger partial charge < -0.3 is 21.1 Å². The lowest BCUT2D eigenvalue weighted by atomic mass is 9.51. The third kappa shape index (κ3) is 3.31. The number of Topliss-reactive ketones (excluding diaryl/α,β-unsaturated/α-hetero) is 4. The number of aliphatic hydroxyl groups excluding tert-OH is 1. The molecule has 37 heavy (non-hydrogen) atoms. The molecule has 2 saturated carbocycles. The number of ketones is 4. The summed E-state index contributed by atoms with van der Waals surface area (Å²) in [6.07, 6.45) is -1.48. The first kappa shape index (κ1) is 24.6. The van der Waals surface area contributed by atoms with Crippen LogP contribution in [0.15, 0.2) is 36.4 Å². The van der Waals surface area contributed by atoms with Crippen LogP contribution in [0.2, 0.25) is 0 Å². The van der Waals surface area contributed by atoms with Crippen molar-refractivity contribution in [2.45, 2.75) is 18.1 Å². The van der Waals surface area contributed by atoms with Crippen molar-refractivity contribution in [1.82, 2.24) is 0 Å². The second-order valence-electron chi connectivity index (χ2n) is 9.43. The van der Waals surface area contributed by atoms with E-state index in [1.54, 1.807) is 0 Å². The quantitative estimate of drug-likeness (QED) is 0.424. The van der Waals surface area contributed by atoms with E-state index in [0.717, 1.165) is 24.3 Å². The molecule has 0 spiro atoms. The molecule has 5 rings (SSSR count). The van der Waals surface area contributed by atoms with Crippen molar-refractivity contribution >= 4 is 40.7 Å². The molecule has 0 aromatic heterocycles. The monoisotopic (exact) mass is 511 g/mol. The van der Waals surface area contributed by atoms with Crippen LogP contribution >= 0.6 is 0 Å². The van der Waals surface area contributed by atoms with Crippen molar-refractivity contribution in [2.75, 3.05) is 0 Å². The van der Waals surface area contributed by atoms with Gasteiger partial charge in [0.05, 0.1) is 17.6 Å². The highest BCUT2D eigenvalue weighted by molar-refractivity contribution is 6.32. The van der Waals surface area contributed by atoms with Crippen LogP contribution in [0.25, 0.3) is 11.6 Å². The summed E-state index contributed by atoms with van der Waals surface area (Å²) in [6, 6.07) is 6.56. The van der Waals surface area contributed by atoms with Crippen molar-refractivity contribution in [1.29, 1.82) is 0 Å². The summed E-state index contributed by atoms with van der Waals surface area (Å²) in [4.78, 5) is 64.6. The van der Waals surface area contributed by atoms with Crippen LogP contribution in [0.5, 0.6) is 5.75 Å². The molecule has 0 radical (unpaired) electrons.